The number of piperidine rings is 1. The van der Waals surface area contributed by atoms with Crippen LogP contribution in [0.15, 0.2) is 23.8 Å². The van der Waals surface area contributed by atoms with E-state index in [-0.39, 0.29) is 11.1 Å². The maximum absolute atomic E-state index is 14.5. The van der Waals surface area contributed by atoms with Gasteiger partial charge >= 0.3 is 5.97 Å². The van der Waals surface area contributed by atoms with Gasteiger partial charge < -0.3 is 15.7 Å². The summed E-state index contributed by atoms with van der Waals surface area (Å²) in [5.74, 6) is -2.01. The number of carbonyl (C=O) groups excluding carboxylic acids is 1. The summed E-state index contributed by atoms with van der Waals surface area (Å²) in [6.45, 7) is 5.26. The molecule has 0 saturated carbocycles. The van der Waals surface area contributed by atoms with Crippen LogP contribution in [0, 0.1) is 18.7 Å². The lowest BCUT2D eigenvalue weighted by atomic mass is 9.95. The van der Waals surface area contributed by atoms with Crippen molar-refractivity contribution < 1.29 is 19.1 Å². The van der Waals surface area contributed by atoms with Gasteiger partial charge in [-0.15, -0.1) is 0 Å². The van der Waals surface area contributed by atoms with Crippen molar-refractivity contribution in [1.82, 2.24) is 0 Å². The number of carboxylic acids is 1. The van der Waals surface area contributed by atoms with Crippen LogP contribution in [0.1, 0.15) is 35.7 Å². The van der Waals surface area contributed by atoms with E-state index in [9.17, 15) is 14.0 Å². The van der Waals surface area contributed by atoms with Gasteiger partial charge in [0.05, 0.1) is 5.69 Å². The number of rotatable bonds is 5. The minimum atomic E-state index is -1.31. The maximum atomic E-state index is 14.5. The topological polar surface area (TPSA) is 83.6 Å². The minimum Gasteiger partial charge on any atom is -0.478 e. The van der Waals surface area contributed by atoms with Gasteiger partial charge in [0.15, 0.2) is 5.78 Å². The van der Waals surface area contributed by atoms with Crippen LogP contribution >= 0.6 is 0 Å². The molecule has 24 heavy (non-hydrogen) atoms. The van der Waals surface area contributed by atoms with E-state index in [0.29, 0.717) is 23.7 Å². The van der Waals surface area contributed by atoms with Crippen molar-refractivity contribution in [3.63, 3.8) is 0 Å². The second kappa shape index (κ2) is 7.57. The number of Topliss-reactive ketones (excluding diaryl/α,β-unsaturated/α-hetero) is 1. The molecule has 2 rings (SSSR count). The average Bonchev–Trinajstić information content (AvgIpc) is 2.57. The highest BCUT2D eigenvalue weighted by Crippen LogP contribution is 2.28. The first kappa shape index (κ1) is 18.1. The predicted octanol–water partition coefficient (Wildman–Crippen LogP) is 2.52. The normalized spacial score (nSPS) is 16.3. The number of aliphatic carboxylic acids is 1. The molecule has 0 aliphatic carbocycles. The Hall–Kier alpha value is -2.21. The molecular formula is C18H23FN2O3. The Balaban J connectivity index is 2.29. The quantitative estimate of drug-likeness (QED) is 0.374. The molecule has 0 aromatic heterocycles. The van der Waals surface area contributed by atoms with E-state index in [1.54, 1.807) is 13.0 Å². The lowest BCUT2D eigenvalue weighted by molar-refractivity contribution is -0.132. The lowest BCUT2D eigenvalue weighted by Crippen LogP contribution is -2.36. The molecule has 1 aromatic rings. The maximum Gasteiger partial charge on any atom is 0.339 e. The molecule has 0 atom stereocenters. The lowest BCUT2D eigenvalue weighted by Gasteiger charge is -2.33. The highest BCUT2D eigenvalue weighted by Gasteiger charge is 2.24. The van der Waals surface area contributed by atoms with Gasteiger partial charge in [0, 0.05) is 18.7 Å². The van der Waals surface area contributed by atoms with Crippen molar-refractivity contribution in [2.24, 2.45) is 11.7 Å². The molecule has 6 heteroatoms. The van der Waals surface area contributed by atoms with Crippen LogP contribution in [0.2, 0.25) is 0 Å². The molecule has 0 unspecified atom stereocenters. The van der Waals surface area contributed by atoms with Crippen LogP contribution in [-0.2, 0) is 4.79 Å². The number of benzene rings is 1. The highest BCUT2D eigenvalue weighted by molar-refractivity contribution is 6.24. The van der Waals surface area contributed by atoms with Crippen LogP contribution in [-0.4, -0.2) is 36.5 Å². The summed E-state index contributed by atoms with van der Waals surface area (Å²) in [5.41, 5.74) is 6.43. The fourth-order valence-corrected chi connectivity index (χ4v) is 3.06. The number of nitrogens with two attached hydrogens (primary N) is 1. The fourth-order valence-electron chi connectivity index (χ4n) is 3.06. The van der Waals surface area contributed by atoms with E-state index in [1.165, 1.54) is 13.0 Å². The first-order valence-corrected chi connectivity index (χ1v) is 8.08. The number of nitrogens with zero attached hydrogens (tertiary/aromatic N) is 1. The number of halogens is 1. The van der Waals surface area contributed by atoms with Crippen LogP contribution in [0.4, 0.5) is 10.1 Å². The van der Waals surface area contributed by atoms with Crippen molar-refractivity contribution in [1.29, 1.82) is 0 Å². The van der Waals surface area contributed by atoms with E-state index >= 15 is 0 Å². The van der Waals surface area contributed by atoms with Crippen LogP contribution in [0.5, 0.6) is 0 Å². The monoisotopic (exact) mass is 334 g/mol. The van der Waals surface area contributed by atoms with E-state index in [0.717, 1.165) is 32.0 Å². The van der Waals surface area contributed by atoms with Gasteiger partial charge in [-0.2, -0.15) is 0 Å². The number of aryl methyl sites for hydroxylation is 1. The molecule has 0 radical (unpaired) electrons. The van der Waals surface area contributed by atoms with Crippen molar-refractivity contribution in [3.05, 3.63) is 40.7 Å². The molecule has 1 saturated heterocycles. The van der Waals surface area contributed by atoms with Gasteiger partial charge in [-0.05, 0) is 56.8 Å². The van der Waals surface area contributed by atoms with Crippen molar-refractivity contribution >= 4 is 17.4 Å². The standard InChI is InChI=1S/C18H23FN2O3/c1-3-13(18(23)24)17(22)14-9-15(19)16(8-11(14)2)21-6-4-12(10-20)5-7-21/h3,8-9,12H,4-7,10,20H2,1-2H3,(H,23,24)/b13-3+. The molecule has 1 aliphatic heterocycles. The van der Waals surface area contributed by atoms with E-state index in [2.05, 4.69) is 0 Å². The summed E-state index contributed by atoms with van der Waals surface area (Å²) < 4.78 is 14.5. The third-order valence-electron chi connectivity index (χ3n) is 4.59. The molecule has 130 valence electrons. The summed E-state index contributed by atoms with van der Waals surface area (Å²) in [7, 11) is 0. The van der Waals surface area contributed by atoms with Crippen molar-refractivity contribution in [3.8, 4) is 0 Å². The Morgan fingerprint density at radius 3 is 2.50 bits per heavy atom. The number of hydrogen-bond acceptors (Lipinski definition) is 4. The molecule has 0 bridgehead atoms. The van der Waals surface area contributed by atoms with Gasteiger partial charge in [-0.1, -0.05) is 6.08 Å². The summed E-state index contributed by atoms with van der Waals surface area (Å²) in [6.07, 6.45) is 3.06. The van der Waals surface area contributed by atoms with Crippen molar-refractivity contribution in [2.75, 3.05) is 24.5 Å². The Bertz CT molecular complexity index is 677. The number of hydrogen-bond donors (Lipinski definition) is 2. The third-order valence-corrected chi connectivity index (χ3v) is 4.59. The molecule has 1 aromatic carbocycles. The summed E-state index contributed by atoms with van der Waals surface area (Å²) in [4.78, 5) is 25.4. The first-order chi connectivity index (χ1) is 11.4. The van der Waals surface area contributed by atoms with Gasteiger partial charge in [0.2, 0.25) is 0 Å². The van der Waals surface area contributed by atoms with Crippen molar-refractivity contribution in [2.45, 2.75) is 26.7 Å². The van der Waals surface area contributed by atoms with Crippen LogP contribution in [0.3, 0.4) is 0 Å². The molecule has 3 N–H and O–H groups in total. The zero-order valence-electron chi connectivity index (χ0n) is 14.0. The Kier molecular flexibility index (Phi) is 5.72. The second-order valence-corrected chi connectivity index (χ2v) is 6.12. The number of allylic oxidation sites excluding steroid dienone is 1. The summed E-state index contributed by atoms with van der Waals surface area (Å²) in [5, 5.41) is 9.07. The molecule has 1 fully saturated rings. The molecule has 1 aliphatic rings. The summed E-state index contributed by atoms with van der Waals surface area (Å²) in [6, 6.07) is 2.77. The largest absolute Gasteiger partial charge is 0.478 e. The first-order valence-electron chi connectivity index (χ1n) is 8.08. The van der Waals surface area contributed by atoms with Gasteiger partial charge in [0.25, 0.3) is 0 Å². The molecule has 0 spiro atoms. The minimum absolute atomic E-state index is 0.0867. The Morgan fingerprint density at radius 2 is 2.00 bits per heavy atom. The van der Waals surface area contributed by atoms with E-state index < -0.39 is 17.6 Å². The summed E-state index contributed by atoms with van der Waals surface area (Å²) >= 11 is 0. The second-order valence-electron chi connectivity index (χ2n) is 6.12. The third kappa shape index (κ3) is 3.64. The average molecular weight is 334 g/mol. The SMILES string of the molecule is C/C=C(/C(=O)O)C(=O)c1cc(F)c(N2CCC(CN)CC2)cc1C. The van der Waals surface area contributed by atoms with Gasteiger partial charge in [-0.25, -0.2) is 9.18 Å². The zero-order chi connectivity index (χ0) is 17.9. The number of ketones is 1. The fraction of sp³-hybridized carbons (Fsp3) is 0.444. The smallest absolute Gasteiger partial charge is 0.339 e. The predicted molar refractivity (Wildman–Crippen MR) is 90.9 cm³/mol. The number of carboxylic acid groups (broad SMARTS) is 1. The molecule has 1 heterocycles. The molecule has 5 nitrogen and oxygen atoms in total. The Labute approximate surface area is 140 Å². The van der Waals surface area contributed by atoms with Crippen LogP contribution < -0.4 is 10.6 Å². The van der Waals surface area contributed by atoms with Crippen LogP contribution in [0.25, 0.3) is 0 Å². The number of anilines is 1. The molecule has 0 amide bonds. The Morgan fingerprint density at radius 1 is 1.38 bits per heavy atom. The van der Waals surface area contributed by atoms with Gasteiger partial charge in [0.1, 0.15) is 11.4 Å². The van der Waals surface area contributed by atoms with E-state index in [4.69, 9.17) is 10.8 Å². The highest BCUT2D eigenvalue weighted by atomic mass is 19.1. The van der Waals surface area contributed by atoms with Gasteiger partial charge in [-0.3, -0.25) is 4.79 Å². The number of carbonyl (C=O) groups is 2. The molecular weight excluding hydrogens is 311 g/mol. The zero-order valence-corrected chi connectivity index (χ0v) is 14.0. The van der Waals surface area contributed by atoms with E-state index in [1.807, 2.05) is 4.90 Å².